The van der Waals surface area contributed by atoms with E-state index in [0.717, 1.165) is 15.6 Å². The predicted molar refractivity (Wildman–Crippen MR) is 78.3 cm³/mol. The third-order valence-corrected chi connectivity index (χ3v) is 3.91. The Hall–Kier alpha value is -1.55. The maximum Gasteiger partial charge on any atom is 0.279 e. The van der Waals surface area contributed by atoms with Gasteiger partial charge in [0.25, 0.3) is 10.2 Å². The molecule has 0 amide bonds. The molecule has 0 bridgehead atoms. The number of hydrogen-bond acceptors (Lipinski definition) is 3. The van der Waals surface area contributed by atoms with Gasteiger partial charge in [0.05, 0.1) is 6.54 Å². The highest BCUT2D eigenvalue weighted by molar-refractivity contribution is 7.87. The van der Waals surface area contributed by atoms with E-state index in [1.165, 1.54) is 14.1 Å². The van der Waals surface area contributed by atoms with E-state index >= 15 is 0 Å². The van der Waals surface area contributed by atoms with E-state index in [2.05, 4.69) is 16.6 Å². The van der Waals surface area contributed by atoms with E-state index in [4.69, 9.17) is 0 Å². The molecule has 19 heavy (non-hydrogen) atoms. The van der Waals surface area contributed by atoms with Gasteiger partial charge < -0.3 is 4.90 Å². The summed E-state index contributed by atoms with van der Waals surface area (Å²) in [4.78, 5) is 2.00. The van der Waals surface area contributed by atoms with Crippen molar-refractivity contribution in [2.75, 3.05) is 39.6 Å². The van der Waals surface area contributed by atoms with Crippen LogP contribution in [0, 0.1) is 11.8 Å². The highest BCUT2D eigenvalue weighted by atomic mass is 32.2. The molecule has 0 fully saturated rings. The van der Waals surface area contributed by atoms with Gasteiger partial charge in [-0.05, 0) is 24.3 Å². The Morgan fingerprint density at radius 1 is 1.11 bits per heavy atom. The molecule has 1 rings (SSSR count). The fourth-order valence-corrected chi connectivity index (χ4v) is 1.76. The maximum absolute atomic E-state index is 11.4. The van der Waals surface area contributed by atoms with Gasteiger partial charge in [0.2, 0.25) is 0 Å². The minimum Gasteiger partial charge on any atom is -0.378 e. The zero-order chi connectivity index (χ0) is 14.5. The van der Waals surface area contributed by atoms with Gasteiger partial charge in [-0.25, -0.2) is 0 Å². The lowest BCUT2D eigenvalue weighted by Gasteiger charge is -2.11. The lowest BCUT2D eigenvalue weighted by Crippen LogP contribution is -2.35. The van der Waals surface area contributed by atoms with Crippen LogP contribution in [0.4, 0.5) is 5.69 Å². The van der Waals surface area contributed by atoms with Gasteiger partial charge >= 0.3 is 0 Å². The third-order valence-electron chi connectivity index (χ3n) is 2.44. The minimum atomic E-state index is -3.40. The number of anilines is 1. The second-order valence-corrected chi connectivity index (χ2v) is 6.32. The summed E-state index contributed by atoms with van der Waals surface area (Å²) in [7, 11) is 3.48. The van der Waals surface area contributed by atoms with Crippen LogP contribution in [0.5, 0.6) is 0 Å². The van der Waals surface area contributed by atoms with Gasteiger partial charge in [0, 0.05) is 39.4 Å². The fourth-order valence-electron chi connectivity index (χ4n) is 1.25. The summed E-state index contributed by atoms with van der Waals surface area (Å²) in [6, 6.07) is 7.74. The average Bonchev–Trinajstić information content (AvgIpc) is 2.35. The molecule has 0 aliphatic rings. The highest BCUT2D eigenvalue weighted by Crippen LogP contribution is 2.11. The summed E-state index contributed by atoms with van der Waals surface area (Å²) in [6.07, 6.45) is 0. The molecule has 0 aliphatic carbocycles. The van der Waals surface area contributed by atoms with Gasteiger partial charge in [0.15, 0.2) is 0 Å². The Bertz CT molecular complexity index is 566. The average molecular weight is 281 g/mol. The van der Waals surface area contributed by atoms with Crippen LogP contribution in [0.2, 0.25) is 0 Å². The molecule has 0 saturated heterocycles. The Morgan fingerprint density at radius 3 is 2.16 bits per heavy atom. The van der Waals surface area contributed by atoms with Crippen molar-refractivity contribution in [3.63, 3.8) is 0 Å². The van der Waals surface area contributed by atoms with Crippen molar-refractivity contribution in [3.8, 4) is 11.8 Å². The van der Waals surface area contributed by atoms with Crippen molar-refractivity contribution in [2.24, 2.45) is 0 Å². The van der Waals surface area contributed by atoms with Crippen molar-refractivity contribution in [1.82, 2.24) is 9.03 Å². The van der Waals surface area contributed by atoms with Crippen molar-refractivity contribution in [1.29, 1.82) is 0 Å². The molecule has 0 unspecified atom stereocenters. The minimum absolute atomic E-state index is 0.0932. The highest BCUT2D eigenvalue weighted by Gasteiger charge is 2.10. The Kier molecular flexibility index (Phi) is 5.36. The lowest BCUT2D eigenvalue weighted by molar-refractivity contribution is 0.509. The summed E-state index contributed by atoms with van der Waals surface area (Å²) in [5, 5.41) is 0. The second kappa shape index (κ2) is 6.57. The van der Waals surface area contributed by atoms with Crippen LogP contribution < -0.4 is 9.62 Å². The molecule has 0 aromatic heterocycles. The molecule has 0 spiro atoms. The third kappa shape index (κ3) is 4.91. The number of nitrogens with zero attached hydrogens (tertiary/aromatic N) is 2. The molecule has 1 N–H and O–H groups in total. The molecule has 0 radical (unpaired) electrons. The van der Waals surface area contributed by atoms with E-state index < -0.39 is 10.2 Å². The lowest BCUT2D eigenvalue weighted by atomic mass is 10.2. The van der Waals surface area contributed by atoms with Crippen LogP contribution in [-0.2, 0) is 10.2 Å². The fraction of sp³-hybridized carbons (Fsp3) is 0.385. The van der Waals surface area contributed by atoms with Gasteiger partial charge in [0.1, 0.15) is 0 Å². The summed E-state index contributed by atoms with van der Waals surface area (Å²) in [5.41, 5.74) is 1.95. The van der Waals surface area contributed by atoms with E-state index in [9.17, 15) is 8.42 Å². The first kappa shape index (κ1) is 15.5. The first-order valence-corrected chi connectivity index (χ1v) is 7.20. The first-order chi connectivity index (χ1) is 8.83. The van der Waals surface area contributed by atoms with E-state index in [1.54, 1.807) is 0 Å². The molecule has 1 aromatic carbocycles. The van der Waals surface area contributed by atoms with Gasteiger partial charge in [-0.15, -0.1) is 0 Å². The SMILES string of the molecule is CN(C)c1ccc(C#CCNS(=O)(=O)N(C)C)cc1. The number of nitrogens with one attached hydrogen (secondary N) is 1. The Morgan fingerprint density at radius 2 is 1.68 bits per heavy atom. The zero-order valence-corrected chi connectivity index (χ0v) is 12.5. The van der Waals surface area contributed by atoms with Crippen LogP contribution in [0.25, 0.3) is 0 Å². The summed E-state index contributed by atoms with van der Waals surface area (Å²) in [5.74, 6) is 5.69. The van der Waals surface area contributed by atoms with Crippen molar-refractivity contribution < 1.29 is 8.42 Å². The molecule has 0 atom stereocenters. The number of benzene rings is 1. The monoisotopic (exact) mass is 281 g/mol. The van der Waals surface area contributed by atoms with Crippen LogP contribution in [0.1, 0.15) is 5.56 Å². The quantitative estimate of drug-likeness (QED) is 0.818. The molecule has 0 saturated carbocycles. The van der Waals surface area contributed by atoms with E-state index in [1.807, 2.05) is 43.3 Å². The standard InChI is InChI=1S/C13H19N3O2S/c1-15(2)13-9-7-12(8-10-13)6-5-11-14-19(17,18)16(3)4/h7-10,14H,11H2,1-4H3. The number of rotatable bonds is 4. The first-order valence-electron chi connectivity index (χ1n) is 5.76. The van der Waals surface area contributed by atoms with Crippen LogP contribution in [0.15, 0.2) is 24.3 Å². The van der Waals surface area contributed by atoms with Gasteiger partial charge in [-0.3, -0.25) is 0 Å². The van der Waals surface area contributed by atoms with Crippen LogP contribution >= 0.6 is 0 Å². The van der Waals surface area contributed by atoms with E-state index in [-0.39, 0.29) is 6.54 Å². The number of hydrogen-bond donors (Lipinski definition) is 1. The van der Waals surface area contributed by atoms with Crippen molar-refractivity contribution in [3.05, 3.63) is 29.8 Å². The molecule has 1 aromatic rings. The summed E-state index contributed by atoms with van der Waals surface area (Å²) in [6.45, 7) is 0.0932. The molecule has 104 valence electrons. The van der Waals surface area contributed by atoms with Gasteiger partial charge in [-0.2, -0.15) is 17.4 Å². The molecule has 0 heterocycles. The molecular weight excluding hydrogens is 262 g/mol. The molecular formula is C13H19N3O2S. The smallest absolute Gasteiger partial charge is 0.279 e. The summed E-state index contributed by atoms with van der Waals surface area (Å²) < 4.78 is 26.3. The van der Waals surface area contributed by atoms with Gasteiger partial charge in [-0.1, -0.05) is 11.8 Å². The van der Waals surface area contributed by atoms with Crippen LogP contribution in [0.3, 0.4) is 0 Å². The summed E-state index contributed by atoms with van der Waals surface area (Å²) >= 11 is 0. The topological polar surface area (TPSA) is 52.7 Å². The molecule has 6 heteroatoms. The van der Waals surface area contributed by atoms with E-state index in [0.29, 0.717) is 0 Å². The van der Waals surface area contributed by atoms with Crippen LogP contribution in [-0.4, -0.2) is 47.5 Å². The Balaban J connectivity index is 2.60. The second-order valence-electron chi connectivity index (χ2n) is 4.35. The largest absolute Gasteiger partial charge is 0.378 e. The maximum atomic E-state index is 11.4. The Labute approximate surface area is 115 Å². The molecule has 0 aliphatic heterocycles. The van der Waals surface area contributed by atoms with Crippen molar-refractivity contribution >= 4 is 15.9 Å². The van der Waals surface area contributed by atoms with Crippen molar-refractivity contribution in [2.45, 2.75) is 0 Å². The zero-order valence-electron chi connectivity index (χ0n) is 11.6. The normalized spacial score (nSPS) is 11.0. The predicted octanol–water partition coefficient (Wildman–Crippen LogP) is 0.500. The molecule has 5 nitrogen and oxygen atoms in total.